The molecule has 0 spiro atoms. The Morgan fingerprint density at radius 2 is 2.17 bits per heavy atom. The first-order valence-electron chi connectivity index (χ1n) is 6.51. The molecule has 0 aliphatic carbocycles. The third-order valence-corrected chi connectivity index (χ3v) is 3.04. The zero-order valence-electron chi connectivity index (χ0n) is 11.0. The highest BCUT2D eigenvalue weighted by Crippen LogP contribution is 2.26. The quantitative estimate of drug-likeness (QED) is 0.850. The number of rotatable bonds is 2. The Bertz CT molecular complexity index is 452. The Kier molecular flexibility index (Phi) is 4.03. The van der Waals surface area contributed by atoms with Crippen LogP contribution >= 0.6 is 0 Å². The predicted molar refractivity (Wildman–Crippen MR) is 74.6 cm³/mol. The van der Waals surface area contributed by atoms with Crippen LogP contribution in [0.3, 0.4) is 0 Å². The SMILES string of the molecule is CC(C)/C=C/NC(=O)N1CCCc2ccccc21. The molecule has 0 fully saturated rings. The lowest BCUT2D eigenvalue weighted by Gasteiger charge is -2.29. The number of carbonyl (C=O) groups excluding carboxylic acids is 1. The summed E-state index contributed by atoms with van der Waals surface area (Å²) in [7, 11) is 0. The van der Waals surface area contributed by atoms with Crippen molar-refractivity contribution in [2.75, 3.05) is 11.4 Å². The Hall–Kier alpha value is -1.77. The molecule has 3 nitrogen and oxygen atoms in total. The van der Waals surface area contributed by atoms with Gasteiger partial charge in [0.1, 0.15) is 0 Å². The number of amides is 2. The molecule has 1 aromatic rings. The molecule has 3 heteroatoms. The standard InChI is InChI=1S/C15H20N2O/c1-12(2)9-10-16-15(18)17-11-5-7-13-6-3-4-8-14(13)17/h3-4,6,8-10,12H,5,7,11H2,1-2H3,(H,16,18)/b10-9+. The van der Waals surface area contributed by atoms with Crippen LogP contribution in [0.5, 0.6) is 0 Å². The molecule has 0 saturated carbocycles. The van der Waals surface area contributed by atoms with Gasteiger partial charge in [-0.25, -0.2) is 4.79 Å². The van der Waals surface area contributed by atoms with Crippen molar-refractivity contribution in [3.63, 3.8) is 0 Å². The van der Waals surface area contributed by atoms with Crippen molar-refractivity contribution in [2.45, 2.75) is 26.7 Å². The van der Waals surface area contributed by atoms with Gasteiger partial charge in [-0.1, -0.05) is 38.1 Å². The number of para-hydroxylation sites is 1. The molecule has 0 radical (unpaired) electrons. The lowest BCUT2D eigenvalue weighted by atomic mass is 10.0. The fourth-order valence-corrected chi connectivity index (χ4v) is 2.13. The molecule has 0 unspecified atom stereocenters. The van der Waals surface area contributed by atoms with E-state index in [0.717, 1.165) is 25.1 Å². The van der Waals surface area contributed by atoms with Crippen LogP contribution in [0.1, 0.15) is 25.8 Å². The maximum absolute atomic E-state index is 12.1. The number of aryl methyl sites for hydroxylation is 1. The molecular weight excluding hydrogens is 224 g/mol. The minimum Gasteiger partial charge on any atom is -0.315 e. The van der Waals surface area contributed by atoms with Gasteiger partial charge in [0.2, 0.25) is 0 Å². The minimum absolute atomic E-state index is 0.0425. The second-order valence-corrected chi connectivity index (χ2v) is 4.94. The van der Waals surface area contributed by atoms with Crippen molar-refractivity contribution < 1.29 is 4.79 Å². The third kappa shape index (κ3) is 2.92. The maximum atomic E-state index is 12.1. The monoisotopic (exact) mass is 244 g/mol. The predicted octanol–water partition coefficient (Wildman–Crippen LogP) is 3.32. The van der Waals surface area contributed by atoms with Crippen LogP contribution in [-0.2, 0) is 6.42 Å². The molecule has 18 heavy (non-hydrogen) atoms. The average molecular weight is 244 g/mol. The highest BCUT2D eigenvalue weighted by atomic mass is 16.2. The van der Waals surface area contributed by atoms with E-state index in [-0.39, 0.29) is 6.03 Å². The summed E-state index contributed by atoms with van der Waals surface area (Å²) < 4.78 is 0. The smallest absolute Gasteiger partial charge is 0.315 e. The summed E-state index contributed by atoms with van der Waals surface area (Å²) >= 11 is 0. The van der Waals surface area contributed by atoms with Gasteiger partial charge in [0.15, 0.2) is 0 Å². The number of hydrogen-bond donors (Lipinski definition) is 1. The molecule has 0 saturated heterocycles. The summed E-state index contributed by atoms with van der Waals surface area (Å²) in [6.07, 6.45) is 5.80. The molecule has 1 aliphatic rings. The molecule has 1 aromatic carbocycles. The van der Waals surface area contributed by atoms with Crippen LogP contribution in [0.2, 0.25) is 0 Å². The van der Waals surface area contributed by atoms with E-state index in [1.807, 2.05) is 29.2 Å². The van der Waals surface area contributed by atoms with Crippen molar-refractivity contribution >= 4 is 11.7 Å². The van der Waals surface area contributed by atoms with Crippen molar-refractivity contribution in [2.24, 2.45) is 5.92 Å². The lowest BCUT2D eigenvalue weighted by molar-refractivity contribution is 0.249. The van der Waals surface area contributed by atoms with E-state index < -0.39 is 0 Å². The highest BCUT2D eigenvalue weighted by molar-refractivity contribution is 5.93. The average Bonchev–Trinajstić information content (AvgIpc) is 2.37. The van der Waals surface area contributed by atoms with Gasteiger partial charge in [-0.3, -0.25) is 4.90 Å². The fraction of sp³-hybridized carbons (Fsp3) is 0.400. The second kappa shape index (κ2) is 5.71. The largest absolute Gasteiger partial charge is 0.325 e. The molecule has 1 aliphatic heterocycles. The Morgan fingerprint density at radius 3 is 2.94 bits per heavy atom. The summed E-state index contributed by atoms with van der Waals surface area (Å²) in [5, 5.41) is 2.83. The third-order valence-electron chi connectivity index (χ3n) is 3.04. The summed E-state index contributed by atoms with van der Waals surface area (Å²) in [6.45, 7) is 4.95. The first-order valence-corrected chi connectivity index (χ1v) is 6.51. The minimum atomic E-state index is -0.0425. The highest BCUT2D eigenvalue weighted by Gasteiger charge is 2.21. The normalized spacial score (nSPS) is 14.9. The Morgan fingerprint density at radius 1 is 1.39 bits per heavy atom. The lowest BCUT2D eigenvalue weighted by Crippen LogP contribution is -2.40. The van der Waals surface area contributed by atoms with Crippen LogP contribution < -0.4 is 10.2 Å². The Labute approximate surface area is 108 Å². The molecule has 2 amide bonds. The number of anilines is 1. The van der Waals surface area contributed by atoms with E-state index in [0.29, 0.717) is 5.92 Å². The van der Waals surface area contributed by atoms with E-state index in [9.17, 15) is 4.79 Å². The molecule has 96 valence electrons. The summed E-state index contributed by atoms with van der Waals surface area (Å²) in [6, 6.07) is 8.07. The van der Waals surface area contributed by atoms with Crippen LogP contribution in [0, 0.1) is 5.92 Å². The van der Waals surface area contributed by atoms with Crippen molar-refractivity contribution in [1.29, 1.82) is 0 Å². The van der Waals surface area contributed by atoms with E-state index in [1.165, 1.54) is 5.56 Å². The first kappa shape index (κ1) is 12.7. The van der Waals surface area contributed by atoms with Gasteiger partial charge in [-0.05, 0) is 30.4 Å². The zero-order chi connectivity index (χ0) is 13.0. The van der Waals surface area contributed by atoms with Gasteiger partial charge < -0.3 is 5.32 Å². The number of nitrogens with one attached hydrogen (secondary N) is 1. The van der Waals surface area contributed by atoms with E-state index in [1.54, 1.807) is 6.20 Å². The zero-order valence-corrected chi connectivity index (χ0v) is 11.0. The van der Waals surface area contributed by atoms with Gasteiger partial charge in [-0.15, -0.1) is 0 Å². The van der Waals surface area contributed by atoms with Gasteiger partial charge in [0, 0.05) is 18.4 Å². The number of carbonyl (C=O) groups is 1. The molecule has 0 atom stereocenters. The fourth-order valence-electron chi connectivity index (χ4n) is 2.13. The first-order chi connectivity index (χ1) is 8.68. The number of fused-ring (bicyclic) bond motifs is 1. The number of benzene rings is 1. The van der Waals surface area contributed by atoms with Crippen LogP contribution in [0.15, 0.2) is 36.5 Å². The molecule has 0 bridgehead atoms. The van der Waals surface area contributed by atoms with Gasteiger partial charge in [0.25, 0.3) is 0 Å². The topological polar surface area (TPSA) is 32.3 Å². The summed E-state index contributed by atoms with van der Waals surface area (Å²) in [5.41, 5.74) is 2.30. The molecule has 0 aromatic heterocycles. The van der Waals surface area contributed by atoms with Gasteiger partial charge in [0.05, 0.1) is 0 Å². The number of urea groups is 1. The summed E-state index contributed by atoms with van der Waals surface area (Å²) in [5.74, 6) is 0.443. The van der Waals surface area contributed by atoms with Gasteiger partial charge in [-0.2, -0.15) is 0 Å². The van der Waals surface area contributed by atoms with Gasteiger partial charge >= 0.3 is 6.03 Å². The number of hydrogen-bond acceptors (Lipinski definition) is 1. The molecule has 1 N–H and O–H groups in total. The van der Waals surface area contributed by atoms with Crippen LogP contribution in [-0.4, -0.2) is 12.6 Å². The van der Waals surface area contributed by atoms with Crippen LogP contribution in [0.4, 0.5) is 10.5 Å². The maximum Gasteiger partial charge on any atom is 0.325 e. The van der Waals surface area contributed by atoms with E-state index in [2.05, 4.69) is 25.2 Å². The Balaban J connectivity index is 2.08. The van der Waals surface area contributed by atoms with Crippen molar-refractivity contribution in [1.82, 2.24) is 5.32 Å². The molecular formula is C15H20N2O. The van der Waals surface area contributed by atoms with Crippen molar-refractivity contribution in [3.8, 4) is 0 Å². The summed E-state index contributed by atoms with van der Waals surface area (Å²) in [4.78, 5) is 13.9. The van der Waals surface area contributed by atoms with E-state index >= 15 is 0 Å². The molecule has 2 rings (SSSR count). The van der Waals surface area contributed by atoms with E-state index in [4.69, 9.17) is 0 Å². The second-order valence-electron chi connectivity index (χ2n) is 4.94. The number of nitrogens with zero attached hydrogens (tertiary/aromatic N) is 1. The van der Waals surface area contributed by atoms with Crippen LogP contribution in [0.25, 0.3) is 0 Å². The number of allylic oxidation sites excluding steroid dienone is 1. The van der Waals surface area contributed by atoms with Crippen molar-refractivity contribution in [3.05, 3.63) is 42.1 Å². The molecule has 1 heterocycles.